The number of hydrogen-bond acceptors (Lipinski definition) is 2. The molecule has 0 aromatic heterocycles. The second kappa shape index (κ2) is 5.01. The van der Waals surface area contributed by atoms with Crippen LogP contribution in [-0.2, 0) is 11.3 Å². The van der Waals surface area contributed by atoms with E-state index in [0.717, 1.165) is 5.56 Å². The Hall–Kier alpha value is -1.82. The summed E-state index contributed by atoms with van der Waals surface area (Å²) in [7, 11) is 0. The van der Waals surface area contributed by atoms with Crippen molar-refractivity contribution < 1.29 is 4.79 Å². The number of aryl methyl sites for hydroxylation is 1. The highest BCUT2D eigenvalue weighted by molar-refractivity contribution is 5.77. The minimum atomic E-state index is -0.00231. The quantitative estimate of drug-likeness (QED) is 0.779. The van der Waals surface area contributed by atoms with Crippen LogP contribution in [0, 0.1) is 24.2 Å². The lowest BCUT2D eigenvalue weighted by Gasteiger charge is -2.29. The summed E-state index contributed by atoms with van der Waals surface area (Å²) in [6.07, 6.45) is 1.21. The van der Waals surface area contributed by atoms with Gasteiger partial charge >= 0.3 is 0 Å². The van der Waals surface area contributed by atoms with E-state index in [1.807, 2.05) is 25.1 Å². The lowest BCUT2D eigenvalue weighted by atomic mass is 9.98. The van der Waals surface area contributed by atoms with Gasteiger partial charge in [0.15, 0.2) is 0 Å². The van der Waals surface area contributed by atoms with Gasteiger partial charge in [-0.15, -0.1) is 0 Å². The first-order chi connectivity index (χ1) is 8.19. The van der Waals surface area contributed by atoms with E-state index in [4.69, 9.17) is 5.26 Å². The zero-order valence-electron chi connectivity index (χ0n) is 10.0. The lowest BCUT2D eigenvalue weighted by Crippen LogP contribution is -2.38. The Bertz CT molecular complexity index is 462. The molecule has 1 fully saturated rings. The van der Waals surface area contributed by atoms with Crippen LogP contribution < -0.4 is 0 Å². The third-order valence-corrected chi connectivity index (χ3v) is 3.14. The molecular formula is C14H16N2O. The van der Waals surface area contributed by atoms with Crippen LogP contribution in [-0.4, -0.2) is 17.4 Å². The fourth-order valence-corrected chi connectivity index (χ4v) is 2.20. The van der Waals surface area contributed by atoms with Crippen molar-refractivity contribution >= 4 is 5.91 Å². The molecule has 1 unspecified atom stereocenters. The minimum absolute atomic E-state index is 0.00231. The predicted octanol–water partition coefficient (Wildman–Crippen LogP) is 2.26. The number of carbonyl (C=O) groups is 1. The van der Waals surface area contributed by atoms with Crippen molar-refractivity contribution in [3.63, 3.8) is 0 Å². The van der Waals surface area contributed by atoms with Crippen LogP contribution in [0.4, 0.5) is 0 Å². The van der Waals surface area contributed by atoms with E-state index in [2.05, 4.69) is 12.1 Å². The predicted molar refractivity (Wildman–Crippen MR) is 64.9 cm³/mol. The molecule has 1 aromatic carbocycles. The van der Waals surface area contributed by atoms with E-state index in [0.29, 0.717) is 25.9 Å². The van der Waals surface area contributed by atoms with Gasteiger partial charge in [-0.2, -0.15) is 5.26 Å². The maximum absolute atomic E-state index is 11.8. The average molecular weight is 228 g/mol. The van der Waals surface area contributed by atoms with Crippen LogP contribution in [0.5, 0.6) is 0 Å². The smallest absolute Gasteiger partial charge is 0.222 e. The summed E-state index contributed by atoms with van der Waals surface area (Å²) in [5.74, 6) is 0.163. The molecule has 0 bridgehead atoms. The van der Waals surface area contributed by atoms with Crippen molar-refractivity contribution in [2.24, 2.45) is 5.92 Å². The summed E-state index contributed by atoms with van der Waals surface area (Å²) >= 11 is 0. The summed E-state index contributed by atoms with van der Waals surface area (Å²) in [4.78, 5) is 13.6. The van der Waals surface area contributed by atoms with Gasteiger partial charge in [0.25, 0.3) is 0 Å². The van der Waals surface area contributed by atoms with Gasteiger partial charge in [-0.1, -0.05) is 29.8 Å². The Labute approximate surface area is 102 Å². The molecule has 1 aromatic rings. The van der Waals surface area contributed by atoms with Gasteiger partial charge in [-0.25, -0.2) is 0 Å². The molecule has 1 amide bonds. The third-order valence-electron chi connectivity index (χ3n) is 3.14. The molecule has 88 valence electrons. The number of hydrogen-bond donors (Lipinski definition) is 0. The number of nitrogens with zero attached hydrogens (tertiary/aromatic N) is 2. The molecule has 0 N–H and O–H groups in total. The number of amides is 1. The van der Waals surface area contributed by atoms with E-state index in [1.165, 1.54) is 5.56 Å². The molecule has 0 radical (unpaired) electrons. The van der Waals surface area contributed by atoms with Crippen molar-refractivity contribution in [2.75, 3.05) is 6.54 Å². The van der Waals surface area contributed by atoms with E-state index in [9.17, 15) is 4.79 Å². The van der Waals surface area contributed by atoms with Crippen molar-refractivity contribution in [3.8, 4) is 6.07 Å². The van der Waals surface area contributed by atoms with Gasteiger partial charge in [0.1, 0.15) is 0 Å². The van der Waals surface area contributed by atoms with Crippen LogP contribution in [0.2, 0.25) is 0 Å². The first-order valence-corrected chi connectivity index (χ1v) is 5.92. The van der Waals surface area contributed by atoms with Gasteiger partial charge in [-0.3, -0.25) is 4.79 Å². The Balaban J connectivity index is 2.07. The van der Waals surface area contributed by atoms with Crippen molar-refractivity contribution in [1.82, 2.24) is 4.90 Å². The number of benzene rings is 1. The van der Waals surface area contributed by atoms with E-state index < -0.39 is 0 Å². The molecule has 1 atom stereocenters. The first kappa shape index (κ1) is 11.7. The molecule has 0 spiro atoms. The molecule has 1 heterocycles. The highest BCUT2D eigenvalue weighted by atomic mass is 16.2. The van der Waals surface area contributed by atoms with Gasteiger partial charge < -0.3 is 4.90 Å². The first-order valence-electron chi connectivity index (χ1n) is 5.92. The van der Waals surface area contributed by atoms with Crippen LogP contribution in [0.15, 0.2) is 24.3 Å². The summed E-state index contributed by atoms with van der Waals surface area (Å²) in [5.41, 5.74) is 2.33. The van der Waals surface area contributed by atoms with Crippen LogP contribution >= 0.6 is 0 Å². The lowest BCUT2D eigenvalue weighted by molar-refractivity contribution is -0.134. The SMILES string of the molecule is Cc1cccc(CN2CC(C#N)CCC2=O)c1. The highest BCUT2D eigenvalue weighted by Crippen LogP contribution is 2.19. The standard InChI is InChI=1S/C14H16N2O/c1-11-3-2-4-12(7-11)9-16-10-13(8-15)5-6-14(16)17/h2-4,7,13H,5-6,9-10H2,1H3. The topological polar surface area (TPSA) is 44.1 Å². The van der Waals surface area contributed by atoms with E-state index >= 15 is 0 Å². The summed E-state index contributed by atoms with van der Waals surface area (Å²) in [5, 5.41) is 8.92. The summed E-state index contributed by atoms with van der Waals surface area (Å²) < 4.78 is 0. The highest BCUT2D eigenvalue weighted by Gasteiger charge is 2.25. The Morgan fingerprint density at radius 1 is 1.53 bits per heavy atom. The molecular weight excluding hydrogens is 212 g/mol. The van der Waals surface area contributed by atoms with Crippen LogP contribution in [0.1, 0.15) is 24.0 Å². The summed E-state index contributed by atoms with van der Waals surface area (Å²) in [6.45, 7) is 3.24. The van der Waals surface area contributed by atoms with Gasteiger partial charge in [0, 0.05) is 19.5 Å². The van der Waals surface area contributed by atoms with Crippen molar-refractivity contribution in [1.29, 1.82) is 5.26 Å². The molecule has 1 aliphatic rings. The fraction of sp³-hybridized carbons (Fsp3) is 0.429. The molecule has 2 rings (SSSR count). The van der Waals surface area contributed by atoms with Crippen LogP contribution in [0.3, 0.4) is 0 Å². The van der Waals surface area contributed by atoms with E-state index in [-0.39, 0.29) is 11.8 Å². The number of carbonyl (C=O) groups excluding carboxylic acids is 1. The maximum atomic E-state index is 11.8. The summed E-state index contributed by atoms with van der Waals surface area (Å²) in [6, 6.07) is 10.4. The molecule has 1 saturated heterocycles. The fourth-order valence-electron chi connectivity index (χ4n) is 2.20. The third kappa shape index (κ3) is 2.85. The van der Waals surface area contributed by atoms with Gasteiger partial charge in [0.2, 0.25) is 5.91 Å². The maximum Gasteiger partial charge on any atom is 0.222 e. The van der Waals surface area contributed by atoms with Gasteiger partial charge in [-0.05, 0) is 18.9 Å². The van der Waals surface area contributed by atoms with Crippen molar-refractivity contribution in [3.05, 3.63) is 35.4 Å². The number of nitriles is 1. The molecule has 0 aliphatic carbocycles. The number of likely N-dealkylation sites (tertiary alicyclic amines) is 1. The number of rotatable bonds is 2. The monoisotopic (exact) mass is 228 g/mol. The Morgan fingerprint density at radius 2 is 2.35 bits per heavy atom. The normalized spacial score (nSPS) is 20.1. The zero-order chi connectivity index (χ0) is 12.3. The zero-order valence-corrected chi connectivity index (χ0v) is 10.0. The minimum Gasteiger partial charge on any atom is -0.337 e. The van der Waals surface area contributed by atoms with Crippen LogP contribution in [0.25, 0.3) is 0 Å². The molecule has 1 aliphatic heterocycles. The Kier molecular flexibility index (Phi) is 3.43. The van der Waals surface area contributed by atoms with Crippen molar-refractivity contribution in [2.45, 2.75) is 26.3 Å². The van der Waals surface area contributed by atoms with E-state index in [1.54, 1.807) is 4.90 Å². The molecule has 17 heavy (non-hydrogen) atoms. The largest absolute Gasteiger partial charge is 0.337 e. The number of piperidine rings is 1. The second-order valence-electron chi connectivity index (χ2n) is 4.63. The van der Waals surface area contributed by atoms with Gasteiger partial charge in [0.05, 0.1) is 12.0 Å². The second-order valence-corrected chi connectivity index (χ2v) is 4.63. The molecule has 3 heteroatoms. The molecule has 3 nitrogen and oxygen atoms in total. The molecule has 0 saturated carbocycles. The average Bonchev–Trinajstić information content (AvgIpc) is 2.32. The Morgan fingerprint density at radius 3 is 3.06 bits per heavy atom.